The Morgan fingerprint density at radius 1 is 1.38 bits per heavy atom. The lowest BCUT2D eigenvalue weighted by molar-refractivity contribution is -0.384. The van der Waals surface area contributed by atoms with E-state index in [1.54, 1.807) is 11.0 Å². The molecule has 0 spiro atoms. The molecule has 1 aromatic carbocycles. The molecule has 0 aromatic heterocycles. The van der Waals surface area contributed by atoms with E-state index < -0.39 is 4.92 Å². The Bertz CT molecular complexity index is 554. The summed E-state index contributed by atoms with van der Waals surface area (Å²) in [5, 5.41) is 13.6. The zero-order chi connectivity index (χ0) is 15.6. The van der Waals surface area contributed by atoms with Crippen LogP contribution in [0.4, 0.5) is 16.2 Å². The van der Waals surface area contributed by atoms with Gasteiger partial charge in [-0.2, -0.15) is 0 Å². The van der Waals surface area contributed by atoms with E-state index in [1.807, 2.05) is 0 Å². The van der Waals surface area contributed by atoms with Crippen molar-refractivity contribution in [3.05, 3.63) is 33.3 Å². The fourth-order valence-corrected chi connectivity index (χ4v) is 2.95. The van der Waals surface area contributed by atoms with Crippen molar-refractivity contribution in [2.24, 2.45) is 11.8 Å². The third-order valence-corrected chi connectivity index (χ3v) is 3.87. The molecule has 1 N–H and O–H groups in total. The van der Waals surface area contributed by atoms with Gasteiger partial charge in [0.05, 0.1) is 4.92 Å². The molecule has 114 valence electrons. The molecule has 1 aromatic rings. The average molecular weight is 312 g/mol. The number of amides is 2. The number of rotatable bonds is 2. The Balaban J connectivity index is 2.09. The van der Waals surface area contributed by atoms with Gasteiger partial charge in [-0.3, -0.25) is 10.1 Å². The number of benzene rings is 1. The summed E-state index contributed by atoms with van der Waals surface area (Å²) in [6, 6.07) is 4.02. The summed E-state index contributed by atoms with van der Waals surface area (Å²) in [7, 11) is 0. The van der Waals surface area contributed by atoms with Crippen LogP contribution in [-0.4, -0.2) is 28.9 Å². The Morgan fingerprint density at radius 2 is 2.00 bits per heavy atom. The number of nitro groups is 1. The molecule has 1 aliphatic heterocycles. The van der Waals surface area contributed by atoms with Crippen molar-refractivity contribution in [3.63, 3.8) is 0 Å². The Morgan fingerprint density at radius 3 is 2.57 bits per heavy atom. The molecule has 1 heterocycles. The van der Waals surface area contributed by atoms with E-state index in [9.17, 15) is 14.9 Å². The van der Waals surface area contributed by atoms with E-state index in [0.29, 0.717) is 30.6 Å². The van der Waals surface area contributed by atoms with Crippen LogP contribution in [0.2, 0.25) is 5.02 Å². The van der Waals surface area contributed by atoms with Crippen molar-refractivity contribution in [1.82, 2.24) is 4.90 Å². The molecular weight excluding hydrogens is 294 g/mol. The first-order valence-corrected chi connectivity index (χ1v) is 7.24. The highest BCUT2D eigenvalue weighted by Crippen LogP contribution is 2.28. The SMILES string of the molecule is C[C@H]1C[C@H](C)CN(C(=O)Nc2ccc(Cl)c([N+](=O)[O-])c2)C1. The standard InChI is InChI=1S/C14H18ClN3O3/c1-9-5-10(2)8-17(7-9)14(19)16-11-3-4-12(15)13(6-11)18(20)21/h3-4,6,9-10H,5,7-8H2,1-2H3,(H,16,19)/t9-,10-/m0/s1. The lowest BCUT2D eigenvalue weighted by Crippen LogP contribution is -2.44. The van der Waals surface area contributed by atoms with Gasteiger partial charge < -0.3 is 10.2 Å². The highest BCUT2D eigenvalue weighted by molar-refractivity contribution is 6.32. The van der Waals surface area contributed by atoms with E-state index in [0.717, 1.165) is 6.42 Å². The molecule has 0 aliphatic carbocycles. The summed E-state index contributed by atoms with van der Waals surface area (Å²) in [5.74, 6) is 0.915. The first-order chi connectivity index (χ1) is 9.86. The van der Waals surface area contributed by atoms with Crippen LogP contribution in [0.25, 0.3) is 0 Å². The smallest absolute Gasteiger partial charge is 0.321 e. The average Bonchev–Trinajstić information content (AvgIpc) is 2.39. The van der Waals surface area contributed by atoms with E-state index in [-0.39, 0.29) is 16.7 Å². The summed E-state index contributed by atoms with van der Waals surface area (Å²) in [4.78, 5) is 24.3. The number of anilines is 1. The molecule has 0 bridgehead atoms. The summed E-state index contributed by atoms with van der Waals surface area (Å²) in [6.45, 7) is 5.63. The van der Waals surface area contributed by atoms with E-state index in [1.165, 1.54) is 12.1 Å². The van der Waals surface area contributed by atoms with Crippen LogP contribution in [-0.2, 0) is 0 Å². The van der Waals surface area contributed by atoms with Crippen LogP contribution < -0.4 is 5.32 Å². The topological polar surface area (TPSA) is 75.5 Å². The third kappa shape index (κ3) is 3.85. The quantitative estimate of drug-likeness (QED) is 0.667. The second kappa shape index (κ2) is 6.30. The lowest BCUT2D eigenvalue weighted by Gasteiger charge is -2.34. The maximum atomic E-state index is 12.2. The number of nitrogens with one attached hydrogen (secondary N) is 1. The molecule has 2 amide bonds. The molecule has 6 nitrogen and oxygen atoms in total. The summed E-state index contributed by atoms with van der Waals surface area (Å²) < 4.78 is 0. The van der Waals surface area contributed by atoms with Gasteiger partial charge in [-0.15, -0.1) is 0 Å². The highest BCUT2D eigenvalue weighted by Gasteiger charge is 2.25. The molecule has 2 rings (SSSR count). The van der Waals surface area contributed by atoms with Gasteiger partial charge in [0.25, 0.3) is 5.69 Å². The number of hydrogen-bond donors (Lipinski definition) is 1. The highest BCUT2D eigenvalue weighted by atomic mass is 35.5. The molecule has 0 radical (unpaired) electrons. The van der Waals surface area contributed by atoms with Gasteiger partial charge >= 0.3 is 6.03 Å². The van der Waals surface area contributed by atoms with Crippen LogP contribution in [0.3, 0.4) is 0 Å². The van der Waals surface area contributed by atoms with Crippen LogP contribution >= 0.6 is 11.6 Å². The summed E-state index contributed by atoms with van der Waals surface area (Å²) in [6.07, 6.45) is 1.11. The first kappa shape index (κ1) is 15.6. The first-order valence-electron chi connectivity index (χ1n) is 6.86. The van der Waals surface area contributed by atoms with Crippen molar-refractivity contribution < 1.29 is 9.72 Å². The number of carbonyl (C=O) groups is 1. The van der Waals surface area contributed by atoms with Gasteiger partial charge in [0.1, 0.15) is 5.02 Å². The van der Waals surface area contributed by atoms with Crippen LogP contribution in [0.5, 0.6) is 0 Å². The second-order valence-corrected chi connectivity index (χ2v) is 6.11. The number of nitro benzene ring substituents is 1. The molecule has 2 atom stereocenters. The minimum atomic E-state index is -0.566. The van der Waals surface area contributed by atoms with Crippen LogP contribution in [0.15, 0.2) is 18.2 Å². The van der Waals surface area contributed by atoms with Crippen molar-refractivity contribution in [3.8, 4) is 0 Å². The number of hydrogen-bond acceptors (Lipinski definition) is 3. The molecule has 1 aliphatic rings. The van der Waals surface area contributed by atoms with E-state index in [4.69, 9.17) is 11.6 Å². The maximum Gasteiger partial charge on any atom is 0.321 e. The summed E-state index contributed by atoms with van der Waals surface area (Å²) in [5.41, 5.74) is 0.164. The van der Waals surface area contributed by atoms with Crippen molar-refractivity contribution in [2.75, 3.05) is 18.4 Å². The number of likely N-dealkylation sites (tertiary alicyclic amines) is 1. The largest absolute Gasteiger partial charge is 0.324 e. The number of piperidine rings is 1. The van der Waals surface area contributed by atoms with Crippen molar-refractivity contribution in [1.29, 1.82) is 0 Å². The third-order valence-electron chi connectivity index (χ3n) is 3.55. The minimum Gasteiger partial charge on any atom is -0.324 e. The fourth-order valence-electron chi connectivity index (χ4n) is 2.76. The fraction of sp³-hybridized carbons (Fsp3) is 0.500. The van der Waals surface area contributed by atoms with Gasteiger partial charge in [-0.1, -0.05) is 25.4 Å². The van der Waals surface area contributed by atoms with E-state index in [2.05, 4.69) is 19.2 Å². The van der Waals surface area contributed by atoms with Gasteiger partial charge in [0.15, 0.2) is 0 Å². The Hall–Kier alpha value is -1.82. The molecule has 21 heavy (non-hydrogen) atoms. The Kier molecular flexibility index (Phi) is 4.67. The summed E-state index contributed by atoms with van der Waals surface area (Å²) >= 11 is 5.75. The molecule has 1 saturated heterocycles. The molecule has 0 saturated carbocycles. The molecule has 0 unspecified atom stereocenters. The van der Waals surface area contributed by atoms with Crippen LogP contribution in [0, 0.1) is 22.0 Å². The van der Waals surface area contributed by atoms with Crippen molar-refractivity contribution in [2.45, 2.75) is 20.3 Å². The van der Waals surface area contributed by atoms with Crippen molar-refractivity contribution >= 4 is 29.0 Å². The van der Waals surface area contributed by atoms with Gasteiger partial charge in [-0.05, 0) is 30.4 Å². The molecule has 1 fully saturated rings. The maximum absolute atomic E-state index is 12.2. The number of nitrogens with zero attached hydrogens (tertiary/aromatic N) is 2. The monoisotopic (exact) mass is 311 g/mol. The minimum absolute atomic E-state index is 0.0539. The number of urea groups is 1. The normalized spacial score (nSPS) is 22.0. The predicted octanol–water partition coefficient (Wildman–Crippen LogP) is 3.76. The zero-order valence-corrected chi connectivity index (χ0v) is 12.8. The van der Waals surface area contributed by atoms with Gasteiger partial charge in [0, 0.05) is 24.8 Å². The molecular formula is C14H18ClN3O3. The number of halogens is 1. The van der Waals surface area contributed by atoms with Gasteiger partial charge in [-0.25, -0.2) is 4.79 Å². The second-order valence-electron chi connectivity index (χ2n) is 5.70. The lowest BCUT2D eigenvalue weighted by atomic mass is 9.92. The Labute approximate surface area is 128 Å². The molecule has 7 heteroatoms. The van der Waals surface area contributed by atoms with Gasteiger partial charge in [0.2, 0.25) is 0 Å². The predicted molar refractivity (Wildman–Crippen MR) is 81.6 cm³/mol. The number of carbonyl (C=O) groups excluding carboxylic acids is 1. The zero-order valence-electron chi connectivity index (χ0n) is 12.0. The van der Waals surface area contributed by atoms with E-state index >= 15 is 0 Å². The van der Waals surface area contributed by atoms with Crippen LogP contribution in [0.1, 0.15) is 20.3 Å².